The molecule has 0 bridgehead atoms. The lowest BCUT2D eigenvalue weighted by atomic mass is 10.0. The number of rotatable bonds is 7. The SMILES string of the molecule is CC(C)=CCC/C(C)=C/CCC1=CC(c2cc(O)ccc2O)OC1=O. The number of benzene rings is 1. The maximum absolute atomic E-state index is 12.0. The van der Waals surface area contributed by atoms with Gasteiger partial charge in [-0.25, -0.2) is 4.79 Å². The molecular weight excluding hydrogens is 316 g/mol. The van der Waals surface area contributed by atoms with Crippen molar-refractivity contribution >= 4 is 5.97 Å². The maximum atomic E-state index is 12.0. The van der Waals surface area contributed by atoms with Gasteiger partial charge in [0, 0.05) is 11.1 Å². The Morgan fingerprint density at radius 1 is 1.16 bits per heavy atom. The number of hydrogen-bond acceptors (Lipinski definition) is 4. The number of carbonyl (C=O) groups excluding carboxylic acids is 1. The van der Waals surface area contributed by atoms with Gasteiger partial charge in [-0.3, -0.25) is 0 Å². The zero-order chi connectivity index (χ0) is 18.4. The van der Waals surface area contributed by atoms with Gasteiger partial charge >= 0.3 is 5.97 Å². The average Bonchev–Trinajstić information content (AvgIpc) is 2.90. The monoisotopic (exact) mass is 342 g/mol. The molecule has 0 radical (unpaired) electrons. The topological polar surface area (TPSA) is 66.8 Å². The summed E-state index contributed by atoms with van der Waals surface area (Å²) in [6.07, 6.45) is 8.91. The van der Waals surface area contributed by atoms with Crippen molar-refractivity contribution in [1.29, 1.82) is 0 Å². The van der Waals surface area contributed by atoms with Crippen molar-refractivity contribution in [2.24, 2.45) is 0 Å². The van der Waals surface area contributed by atoms with Crippen LogP contribution in [-0.2, 0) is 9.53 Å². The molecule has 0 aliphatic carbocycles. The minimum atomic E-state index is -0.641. The molecule has 25 heavy (non-hydrogen) atoms. The molecule has 0 amide bonds. The number of ether oxygens (including phenoxy) is 1. The number of phenols is 2. The quantitative estimate of drug-likeness (QED) is 0.411. The number of cyclic esters (lactones) is 1. The van der Waals surface area contributed by atoms with Crippen LogP contribution in [0.5, 0.6) is 11.5 Å². The van der Waals surface area contributed by atoms with Gasteiger partial charge in [0.25, 0.3) is 0 Å². The van der Waals surface area contributed by atoms with Gasteiger partial charge in [0.2, 0.25) is 0 Å². The van der Waals surface area contributed by atoms with Gasteiger partial charge in [0.05, 0.1) is 0 Å². The first-order valence-corrected chi connectivity index (χ1v) is 8.59. The van der Waals surface area contributed by atoms with Crippen LogP contribution >= 0.6 is 0 Å². The summed E-state index contributed by atoms with van der Waals surface area (Å²) in [4.78, 5) is 12.0. The summed E-state index contributed by atoms with van der Waals surface area (Å²) in [6.45, 7) is 6.30. The molecule has 1 aliphatic heterocycles. The van der Waals surface area contributed by atoms with Gasteiger partial charge in [-0.05, 0) is 70.7 Å². The lowest BCUT2D eigenvalue weighted by Crippen LogP contribution is -2.02. The van der Waals surface area contributed by atoms with Crippen LogP contribution in [0.1, 0.15) is 58.1 Å². The highest BCUT2D eigenvalue weighted by Gasteiger charge is 2.28. The van der Waals surface area contributed by atoms with E-state index in [1.807, 2.05) is 0 Å². The molecule has 1 aliphatic rings. The third kappa shape index (κ3) is 5.52. The molecule has 0 fully saturated rings. The van der Waals surface area contributed by atoms with E-state index < -0.39 is 6.10 Å². The van der Waals surface area contributed by atoms with Gasteiger partial charge in [-0.1, -0.05) is 23.3 Å². The molecule has 0 aromatic heterocycles. The Kier molecular flexibility index (Phi) is 6.45. The van der Waals surface area contributed by atoms with E-state index in [0.717, 1.165) is 19.3 Å². The standard InChI is InChI=1S/C21H26O4/c1-14(2)6-4-7-15(3)8-5-9-16-12-20(25-21(16)24)18-13-17(22)10-11-19(18)23/h6,8,10-13,20,22-23H,4-5,7,9H2,1-3H3/b15-8+. The molecule has 4 nitrogen and oxygen atoms in total. The van der Waals surface area contributed by atoms with E-state index in [1.165, 1.54) is 29.3 Å². The van der Waals surface area contributed by atoms with E-state index in [4.69, 9.17) is 4.74 Å². The number of esters is 1. The van der Waals surface area contributed by atoms with Gasteiger partial charge in [0.1, 0.15) is 17.6 Å². The molecule has 0 saturated heterocycles. The fraction of sp³-hybridized carbons (Fsp3) is 0.381. The molecule has 2 N–H and O–H groups in total. The maximum Gasteiger partial charge on any atom is 0.334 e. The first kappa shape index (κ1) is 18.8. The highest BCUT2D eigenvalue weighted by Crippen LogP contribution is 2.36. The van der Waals surface area contributed by atoms with E-state index in [1.54, 1.807) is 6.08 Å². The summed E-state index contributed by atoms with van der Waals surface area (Å²) in [7, 11) is 0. The Labute approximate surface area is 149 Å². The van der Waals surface area contributed by atoms with Crippen LogP contribution in [0.15, 0.2) is 53.1 Å². The lowest BCUT2D eigenvalue weighted by Gasteiger charge is -2.10. The lowest BCUT2D eigenvalue weighted by molar-refractivity contribution is -0.140. The molecule has 1 atom stereocenters. The van der Waals surface area contributed by atoms with E-state index in [9.17, 15) is 15.0 Å². The molecule has 4 heteroatoms. The van der Waals surface area contributed by atoms with E-state index in [2.05, 4.69) is 32.9 Å². The molecule has 1 aromatic carbocycles. The first-order chi connectivity index (χ1) is 11.9. The van der Waals surface area contributed by atoms with E-state index in [-0.39, 0.29) is 17.5 Å². The molecule has 1 heterocycles. The van der Waals surface area contributed by atoms with E-state index >= 15 is 0 Å². The van der Waals surface area contributed by atoms with E-state index in [0.29, 0.717) is 17.6 Å². The smallest absolute Gasteiger partial charge is 0.334 e. The van der Waals surface area contributed by atoms with Crippen LogP contribution in [0, 0.1) is 0 Å². The minimum absolute atomic E-state index is 0.00288. The third-order valence-corrected chi connectivity index (χ3v) is 4.16. The number of aromatic hydroxyl groups is 2. The van der Waals surface area contributed by atoms with Crippen LogP contribution in [0.4, 0.5) is 0 Å². The first-order valence-electron chi connectivity index (χ1n) is 8.59. The number of allylic oxidation sites excluding steroid dienone is 4. The number of phenolic OH excluding ortho intramolecular Hbond substituents is 2. The Balaban J connectivity index is 1.95. The van der Waals surface area contributed by atoms with Crippen molar-refractivity contribution in [3.63, 3.8) is 0 Å². The van der Waals surface area contributed by atoms with Crippen LogP contribution in [0.25, 0.3) is 0 Å². The van der Waals surface area contributed by atoms with Crippen molar-refractivity contribution in [3.8, 4) is 11.5 Å². The second-order valence-electron chi connectivity index (χ2n) is 6.67. The largest absolute Gasteiger partial charge is 0.508 e. The van der Waals surface area contributed by atoms with Crippen molar-refractivity contribution in [3.05, 3.63) is 58.7 Å². The molecular formula is C21H26O4. The van der Waals surface area contributed by atoms with Gasteiger partial charge in [-0.2, -0.15) is 0 Å². The summed E-state index contributed by atoms with van der Waals surface area (Å²) in [5.41, 5.74) is 3.65. The Hall–Kier alpha value is -2.49. The summed E-state index contributed by atoms with van der Waals surface area (Å²) in [5.74, 6) is -0.327. The van der Waals surface area contributed by atoms with Crippen molar-refractivity contribution in [1.82, 2.24) is 0 Å². The Morgan fingerprint density at radius 2 is 1.92 bits per heavy atom. The molecule has 1 aromatic rings. The predicted octanol–water partition coefficient (Wildman–Crippen LogP) is 5.10. The second-order valence-corrected chi connectivity index (χ2v) is 6.67. The second kappa shape index (κ2) is 8.56. The Morgan fingerprint density at radius 3 is 2.64 bits per heavy atom. The van der Waals surface area contributed by atoms with Crippen LogP contribution in [0.3, 0.4) is 0 Å². The summed E-state index contributed by atoms with van der Waals surface area (Å²) < 4.78 is 5.31. The zero-order valence-corrected chi connectivity index (χ0v) is 15.1. The summed E-state index contributed by atoms with van der Waals surface area (Å²) >= 11 is 0. The summed E-state index contributed by atoms with van der Waals surface area (Å²) in [5, 5.41) is 19.4. The fourth-order valence-electron chi connectivity index (χ4n) is 2.75. The predicted molar refractivity (Wildman–Crippen MR) is 98.3 cm³/mol. The molecule has 2 rings (SSSR count). The molecule has 1 unspecified atom stereocenters. The molecule has 0 spiro atoms. The molecule has 134 valence electrons. The van der Waals surface area contributed by atoms with Crippen molar-refractivity contribution < 1.29 is 19.7 Å². The Bertz CT molecular complexity index is 721. The van der Waals surface area contributed by atoms with Gasteiger partial charge in [-0.15, -0.1) is 0 Å². The zero-order valence-electron chi connectivity index (χ0n) is 15.1. The van der Waals surface area contributed by atoms with Crippen molar-refractivity contribution in [2.45, 2.75) is 52.6 Å². The summed E-state index contributed by atoms with van der Waals surface area (Å²) in [6, 6.07) is 4.20. The van der Waals surface area contributed by atoms with Crippen LogP contribution < -0.4 is 0 Å². The number of carbonyl (C=O) groups is 1. The number of hydrogen-bond donors (Lipinski definition) is 2. The van der Waals surface area contributed by atoms with Crippen molar-refractivity contribution in [2.75, 3.05) is 0 Å². The third-order valence-electron chi connectivity index (χ3n) is 4.16. The average molecular weight is 342 g/mol. The highest BCUT2D eigenvalue weighted by atomic mass is 16.5. The van der Waals surface area contributed by atoms with Crippen LogP contribution in [0.2, 0.25) is 0 Å². The minimum Gasteiger partial charge on any atom is -0.508 e. The van der Waals surface area contributed by atoms with Gasteiger partial charge in [0.15, 0.2) is 0 Å². The normalized spacial score (nSPS) is 17.2. The fourth-order valence-corrected chi connectivity index (χ4v) is 2.75. The highest BCUT2D eigenvalue weighted by molar-refractivity contribution is 5.91. The van der Waals surface area contributed by atoms with Crippen LogP contribution in [-0.4, -0.2) is 16.2 Å². The van der Waals surface area contributed by atoms with Gasteiger partial charge < -0.3 is 14.9 Å². The molecule has 0 saturated carbocycles.